The van der Waals surface area contributed by atoms with Crippen LogP contribution in [0.1, 0.15) is 19.8 Å². The van der Waals surface area contributed by atoms with E-state index in [2.05, 4.69) is 4.72 Å². The molecule has 18 heavy (non-hydrogen) atoms. The van der Waals surface area contributed by atoms with Gasteiger partial charge in [-0.2, -0.15) is 0 Å². The highest BCUT2D eigenvalue weighted by Gasteiger charge is 2.26. The van der Waals surface area contributed by atoms with Crippen molar-refractivity contribution in [1.29, 1.82) is 0 Å². The molecule has 100 valence electrons. The van der Waals surface area contributed by atoms with E-state index in [9.17, 15) is 8.42 Å². The molecular formula is C12H16ClNO3S. The van der Waals surface area contributed by atoms with Crippen molar-refractivity contribution in [3.05, 3.63) is 29.3 Å². The second kappa shape index (κ2) is 5.57. The van der Waals surface area contributed by atoms with Crippen molar-refractivity contribution in [2.75, 3.05) is 6.61 Å². The van der Waals surface area contributed by atoms with E-state index in [-0.39, 0.29) is 17.0 Å². The summed E-state index contributed by atoms with van der Waals surface area (Å²) in [6, 6.07) is 5.98. The standard InChI is InChI=1S/C12H16ClNO3S/c1-9(12-6-3-7-17-12)14-18(15,16)11-5-2-4-10(13)8-11/h2,4-5,8-9,12,14H,3,6-7H2,1H3/t9-,12+/m0/s1. The summed E-state index contributed by atoms with van der Waals surface area (Å²) in [5.41, 5.74) is 0. The number of hydrogen-bond acceptors (Lipinski definition) is 3. The summed E-state index contributed by atoms with van der Waals surface area (Å²) in [6.45, 7) is 2.52. The molecule has 0 bridgehead atoms. The maximum absolute atomic E-state index is 12.1. The third-order valence-electron chi connectivity index (χ3n) is 2.97. The van der Waals surface area contributed by atoms with Crippen LogP contribution in [0.4, 0.5) is 0 Å². The topological polar surface area (TPSA) is 55.4 Å². The Kier molecular flexibility index (Phi) is 4.27. The van der Waals surface area contributed by atoms with Crippen LogP contribution in [0.15, 0.2) is 29.2 Å². The van der Waals surface area contributed by atoms with Gasteiger partial charge in [-0.15, -0.1) is 0 Å². The van der Waals surface area contributed by atoms with E-state index in [4.69, 9.17) is 16.3 Å². The lowest BCUT2D eigenvalue weighted by Crippen LogP contribution is -2.40. The van der Waals surface area contributed by atoms with Crippen molar-refractivity contribution in [3.63, 3.8) is 0 Å². The molecule has 1 aromatic carbocycles. The van der Waals surface area contributed by atoms with Crippen LogP contribution in [0.5, 0.6) is 0 Å². The molecule has 1 aliphatic rings. The van der Waals surface area contributed by atoms with Gasteiger partial charge in [0.25, 0.3) is 0 Å². The molecule has 0 aliphatic carbocycles. The first-order chi connectivity index (χ1) is 8.49. The van der Waals surface area contributed by atoms with Gasteiger partial charge in [0.1, 0.15) is 0 Å². The number of sulfonamides is 1. The number of hydrogen-bond donors (Lipinski definition) is 1. The number of ether oxygens (including phenoxy) is 1. The molecule has 1 saturated heterocycles. The SMILES string of the molecule is C[C@H](NS(=O)(=O)c1cccc(Cl)c1)[C@H]1CCCO1. The summed E-state index contributed by atoms with van der Waals surface area (Å²) < 4.78 is 32.3. The van der Waals surface area contributed by atoms with Gasteiger partial charge in [-0.1, -0.05) is 17.7 Å². The first-order valence-corrected chi connectivity index (χ1v) is 7.75. The molecule has 1 aliphatic heterocycles. The summed E-state index contributed by atoms with van der Waals surface area (Å²) in [5, 5.41) is 0.405. The van der Waals surface area contributed by atoms with Gasteiger partial charge in [-0.05, 0) is 38.0 Å². The predicted molar refractivity (Wildman–Crippen MR) is 70.2 cm³/mol. The Labute approximate surface area is 112 Å². The third-order valence-corrected chi connectivity index (χ3v) is 4.76. The molecule has 1 N–H and O–H groups in total. The molecule has 4 nitrogen and oxygen atoms in total. The smallest absolute Gasteiger partial charge is 0.240 e. The van der Waals surface area contributed by atoms with Crippen LogP contribution >= 0.6 is 11.6 Å². The molecule has 6 heteroatoms. The second-order valence-corrected chi connectivity index (χ2v) is 6.57. The molecule has 1 heterocycles. The highest BCUT2D eigenvalue weighted by Crippen LogP contribution is 2.19. The van der Waals surface area contributed by atoms with Crippen LogP contribution in [0, 0.1) is 0 Å². The first kappa shape index (κ1) is 13.8. The van der Waals surface area contributed by atoms with Crippen molar-refractivity contribution in [2.24, 2.45) is 0 Å². The molecule has 1 fully saturated rings. The zero-order valence-corrected chi connectivity index (χ0v) is 11.7. The number of nitrogens with one attached hydrogen (secondary N) is 1. The Morgan fingerprint density at radius 1 is 1.50 bits per heavy atom. The van der Waals surface area contributed by atoms with Crippen LogP contribution in [0.3, 0.4) is 0 Å². The highest BCUT2D eigenvalue weighted by atomic mass is 35.5. The number of benzene rings is 1. The van der Waals surface area contributed by atoms with Crippen LogP contribution < -0.4 is 4.72 Å². The average molecular weight is 290 g/mol. The minimum atomic E-state index is -3.53. The van der Waals surface area contributed by atoms with E-state index >= 15 is 0 Å². The average Bonchev–Trinajstić information content (AvgIpc) is 2.82. The van der Waals surface area contributed by atoms with Gasteiger partial charge in [0.05, 0.1) is 11.0 Å². The lowest BCUT2D eigenvalue weighted by atomic mass is 10.1. The summed E-state index contributed by atoms with van der Waals surface area (Å²) in [6.07, 6.45) is 1.83. The van der Waals surface area contributed by atoms with Gasteiger partial charge < -0.3 is 4.74 Å². The van der Waals surface area contributed by atoms with Crippen LogP contribution in [0.2, 0.25) is 5.02 Å². The molecule has 2 atom stereocenters. The second-order valence-electron chi connectivity index (χ2n) is 4.42. The summed E-state index contributed by atoms with van der Waals surface area (Å²) in [7, 11) is -3.53. The van der Waals surface area contributed by atoms with Crippen molar-refractivity contribution in [3.8, 4) is 0 Å². The Bertz CT molecular complexity index is 512. The first-order valence-electron chi connectivity index (χ1n) is 5.88. The van der Waals surface area contributed by atoms with E-state index in [1.165, 1.54) is 12.1 Å². The van der Waals surface area contributed by atoms with Gasteiger partial charge >= 0.3 is 0 Å². The van der Waals surface area contributed by atoms with Gasteiger partial charge in [-0.3, -0.25) is 0 Å². The van der Waals surface area contributed by atoms with Crippen molar-refractivity contribution < 1.29 is 13.2 Å². The lowest BCUT2D eigenvalue weighted by molar-refractivity contribution is 0.0902. The zero-order valence-electron chi connectivity index (χ0n) is 10.1. The minimum absolute atomic E-state index is 0.0426. The van der Waals surface area contributed by atoms with Gasteiger partial charge in [0.2, 0.25) is 10.0 Å². The molecular weight excluding hydrogens is 274 g/mol. The molecule has 1 aromatic rings. The van der Waals surface area contributed by atoms with E-state index in [0.29, 0.717) is 11.6 Å². The van der Waals surface area contributed by atoms with Crippen molar-refractivity contribution in [2.45, 2.75) is 36.8 Å². The lowest BCUT2D eigenvalue weighted by Gasteiger charge is -2.19. The van der Waals surface area contributed by atoms with Gasteiger partial charge in [0.15, 0.2) is 0 Å². The maximum Gasteiger partial charge on any atom is 0.240 e. The van der Waals surface area contributed by atoms with E-state index < -0.39 is 10.0 Å². The summed E-state index contributed by atoms with van der Waals surface area (Å²) in [4.78, 5) is 0.180. The fourth-order valence-corrected chi connectivity index (χ4v) is 3.59. The Hall–Kier alpha value is -0.620. The van der Waals surface area contributed by atoms with Crippen molar-refractivity contribution in [1.82, 2.24) is 4.72 Å². The minimum Gasteiger partial charge on any atom is -0.377 e. The zero-order chi connectivity index (χ0) is 13.2. The summed E-state index contributed by atoms with van der Waals surface area (Å²) in [5.74, 6) is 0. The third kappa shape index (κ3) is 3.23. The molecule has 0 spiro atoms. The van der Waals surface area contributed by atoms with Gasteiger partial charge in [0, 0.05) is 17.7 Å². The highest BCUT2D eigenvalue weighted by molar-refractivity contribution is 7.89. The van der Waals surface area contributed by atoms with E-state index in [1.54, 1.807) is 12.1 Å². The van der Waals surface area contributed by atoms with Crippen molar-refractivity contribution >= 4 is 21.6 Å². The van der Waals surface area contributed by atoms with Crippen LogP contribution in [0.25, 0.3) is 0 Å². The molecule has 0 radical (unpaired) electrons. The summed E-state index contributed by atoms with van der Waals surface area (Å²) >= 11 is 5.80. The maximum atomic E-state index is 12.1. The molecule has 0 amide bonds. The molecule has 0 aromatic heterocycles. The monoisotopic (exact) mass is 289 g/mol. The fraction of sp³-hybridized carbons (Fsp3) is 0.500. The Morgan fingerprint density at radius 3 is 2.89 bits per heavy atom. The van der Waals surface area contributed by atoms with Crippen LogP contribution in [-0.4, -0.2) is 27.2 Å². The van der Waals surface area contributed by atoms with E-state index in [0.717, 1.165) is 12.8 Å². The predicted octanol–water partition coefficient (Wildman–Crippen LogP) is 2.19. The Morgan fingerprint density at radius 2 is 2.28 bits per heavy atom. The Balaban J connectivity index is 2.11. The fourth-order valence-electron chi connectivity index (χ4n) is 2.02. The molecule has 0 unspecified atom stereocenters. The quantitative estimate of drug-likeness (QED) is 0.924. The number of halogens is 1. The molecule has 0 saturated carbocycles. The van der Waals surface area contributed by atoms with E-state index in [1.807, 2.05) is 6.92 Å². The van der Waals surface area contributed by atoms with Gasteiger partial charge in [-0.25, -0.2) is 13.1 Å². The molecule has 2 rings (SSSR count). The van der Waals surface area contributed by atoms with Crippen LogP contribution in [-0.2, 0) is 14.8 Å². The normalized spacial score (nSPS) is 22.0. The largest absolute Gasteiger partial charge is 0.377 e. The number of rotatable bonds is 4.